The molecule has 0 fully saturated rings. The molecule has 0 atom stereocenters. The van der Waals surface area contributed by atoms with Gasteiger partial charge in [-0.25, -0.2) is 4.79 Å². The number of carboxylic acid groups (broad SMARTS) is 1. The number of anilines is 1. The first-order valence-corrected chi connectivity index (χ1v) is 8.46. The van der Waals surface area contributed by atoms with Crippen LogP contribution in [0, 0.1) is 0 Å². The molecular weight excluding hydrogens is 358 g/mol. The van der Waals surface area contributed by atoms with E-state index in [1.807, 2.05) is 30.3 Å². The highest BCUT2D eigenvalue weighted by Gasteiger charge is 2.15. The molecule has 0 bridgehead atoms. The average Bonchev–Trinajstić information content (AvgIpc) is 2.68. The first kappa shape index (κ1) is 18.8. The largest absolute Gasteiger partial charge is 0.478 e. The molecule has 0 aliphatic heterocycles. The monoisotopic (exact) mass is 375 g/mol. The van der Waals surface area contributed by atoms with E-state index in [1.165, 1.54) is 37.3 Å². The Morgan fingerprint density at radius 3 is 2.14 bits per heavy atom. The van der Waals surface area contributed by atoms with Gasteiger partial charge in [-0.15, -0.1) is 0 Å². The number of amides is 1. The molecule has 0 heterocycles. The highest BCUT2D eigenvalue weighted by Crippen LogP contribution is 2.26. The maximum absolute atomic E-state index is 12.6. The van der Waals surface area contributed by atoms with E-state index in [0.29, 0.717) is 11.3 Å². The van der Waals surface area contributed by atoms with Crippen LogP contribution in [0.25, 0.3) is 11.1 Å². The quantitative estimate of drug-likeness (QED) is 0.514. The van der Waals surface area contributed by atoms with Gasteiger partial charge in [0.15, 0.2) is 0 Å². The zero-order chi connectivity index (χ0) is 20.1. The van der Waals surface area contributed by atoms with Crippen molar-refractivity contribution < 1.29 is 24.2 Å². The summed E-state index contributed by atoms with van der Waals surface area (Å²) in [5, 5.41) is 12.1. The van der Waals surface area contributed by atoms with Crippen LogP contribution in [0.3, 0.4) is 0 Å². The molecule has 3 rings (SSSR count). The molecule has 0 radical (unpaired) electrons. The number of hydrogen-bond acceptors (Lipinski definition) is 4. The standard InChI is InChI=1S/C22H17NO5/c1-14(24)28-18-10-7-16(8-11-18)21(25)23-20-13-17(9-12-19(20)22(26)27)15-5-3-2-4-6-15/h2-13H,1H3,(H,23,25)(H,26,27). The third kappa shape index (κ3) is 4.42. The molecule has 0 spiro atoms. The maximum atomic E-state index is 12.6. The first-order chi connectivity index (χ1) is 13.4. The SMILES string of the molecule is CC(=O)Oc1ccc(C(=O)Nc2cc(-c3ccccc3)ccc2C(=O)O)cc1. The average molecular weight is 375 g/mol. The topological polar surface area (TPSA) is 92.7 Å². The van der Waals surface area contributed by atoms with E-state index in [9.17, 15) is 19.5 Å². The molecule has 0 aromatic heterocycles. The molecule has 2 N–H and O–H groups in total. The lowest BCUT2D eigenvalue weighted by atomic mass is 10.0. The van der Waals surface area contributed by atoms with Crippen LogP contribution in [0.2, 0.25) is 0 Å². The molecule has 1 amide bonds. The van der Waals surface area contributed by atoms with Crippen molar-refractivity contribution in [3.63, 3.8) is 0 Å². The van der Waals surface area contributed by atoms with Crippen molar-refractivity contribution in [1.82, 2.24) is 0 Å². The number of carboxylic acids is 1. The van der Waals surface area contributed by atoms with Crippen LogP contribution in [0.5, 0.6) is 5.75 Å². The van der Waals surface area contributed by atoms with Crippen LogP contribution in [-0.4, -0.2) is 23.0 Å². The molecular formula is C22H17NO5. The number of ether oxygens (including phenoxy) is 1. The van der Waals surface area contributed by atoms with Gasteiger partial charge >= 0.3 is 11.9 Å². The van der Waals surface area contributed by atoms with Crippen molar-refractivity contribution in [3.8, 4) is 16.9 Å². The summed E-state index contributed by atoms with van der Waals surface area (Å²) >= 11 is 0. The number of aromatic carboxylic acids is 1. The van der Waals surface area contributed by atoms with Crippen molar-refractivity contribution in [2.45, 2.75) is 6.92 Å². The van der Waals surface area contributed by atoms with Gasteiger partial charge < -0.3 is 15.2 Å². The maximum Gasteiger partial charge on any atom is 0.337 e. The fourth-order valence-corrected chi connectivity index (χ4v) is 2.68. The Morgan fingerprint density at radius 1 is 0.857 bits per heavy atom. The Balaban J connectivity index is 1.88. The van der Waals surface area contributed by atoms with Gasteiger partial charge in [0.1, 0.15) is 5.75 Å². The number of carbonyl (C=O) groups is 3. The highest BCUT2D eigenvalue weighted by molar-refractivity contribution is 6.08. The van der Waals surface area contributed by atoms with E-state index in [0.717, 1.165) is 11.1 Å². The molecule has 0 aliphatic rings. The zero-order valence-electron chi connectivity index (χ0n) is 15.0. The molecule has 0 aliphatic carbocycles. The summed E-state index contributed by atoms with van der Waals surface area (Å²) in [4.78, 5) is 35.1. The lowest BCUT2D eigenvalue weighted by Crippen LogP contribution is -2.15. The number of nitrogens with one attached hydrogen (secondary N) is 1. The van der Waals surface area contributed by atoms with Gasteiger partial charge in [0.2, 0.25) is 0 Å². The summed E-state index contributed by atoms with van der Waals surface area (Å²) in [6.07, 6.45) is 0. The van der Waals surface area contributed by atoms with Crippen LogP contribution in [0.1, 0.15) is 27.6 Å². The van der Waals surface area contributed by atoms with Gasteiger partial charge in [0, 0.05) is 12.5 Å². The van der Waals surface area contributed by atoms with E-state index in [2.05, 4.69) is 5.32 Å². The summed E-state index contributed by atoms with van der Waals surface area (Å²) in [6, 6.07) is 20.2. The number of benzene rings is 3. The van der Waals surface area contributed by atoms with Gasteiger partial charge in [0.05, 0.1) is 11.3 Å². The Labute approximate surface area is 161 Å². The van der Waals surface area contributed by atoms with Gasteiger partial charge in [-0.05, 0) is 47.5 Å². The van der Waals surface area contributed by atoms with Crippen LogP contribution >= 0.6 is 0 Å². The summed E-state index contributed by atoms with van der Waals surface area (Å²) in [7, 11) is 0. The second kappa shape index (κ2) is 8.18. The van der Waals surface area contributed by atoms with Crippen molar-refractivity contribution >= 4 is 23.5 Å². The minimum Gasteiger partial charge on any atom is -0.478 e. The fraction of sp³-hybridized carbons (Fsp3) is 0.0455. The van der Waals surface area contributed by atoms with Gasteiger partial charge in [-0.3, -0.25) is 9.59 Å². The molecule has 3 aromatic carbocycles. The van der Waals surface area contributed by atoms with Crippen LogP contribution in [0.4, 0.5) is 5.69 Å². The van der Waals surface area contributed by atoms with E-state index in [4.69, 9.17) is 4.74 Å². The molecule has 140 valence electrons. The predicted molar refractivity (Wildman–Crippen MR) is 105 cm³/mol. The predicted octanol–water partition coefficient (Wildman–Crippen LogP) is 4.23. The number of hydrogen-bond donors (Lipinski definition) is 2. The molecule has 6 nitrogen and oxygen atoms in total. The molecule has 28 heavy (non-hydrogen) atoms. The van der Waals surface area contributed by atoms with Crippen molar-refractivity contribution in [3.05, 3.63) is 83.9 Å². The molecule has 0 unspecified atom stereocenters. The van der Waals surface area contributed by atoms with Crippen LogP contribution in [-0.2, 0) is 4.79 Å². The fourth-order valence-electron chi connectivity index (χ4n) is 2.68. The van der Waals surface area contributed by atoms with E-state index in [-0.39, 0.29) is 11.3 Å². The van der Waals surface area contributed by atoms with Gasteiger partial charge in [-0.2, -0.15) is 0 Å². The Bertz CT molecular complexity index is 1030. The lowest BCUT2D eigenvalue weighted by Gasteiger charge is -2.11. The number of carbonyl (C=O) groups excluding carboxylic acids is 2. The molecule has 6 heteroatoms. The minimum absolute atomic E-state index is 0.00966. The smallest absolute Gasteiger partial charge is 0.337 e. The summed E-state index contributed by atoms with van der Waals surface area (Å²) < 4.78 is 4.93. The highest BCUT2D eigenvalue weighted by atomic mass is 16.5. The second-order valence-corrected chi connectivity index (χ2v) is 6.00. The third-order valence-electron chi connectivity index (χ3n) is 3.98. The number of esters is 1. The summed E-state index contributed by atoms with van der Waals surface area (Å²) in [5.74, 6) is -1.75. The van der Waals surface area contributed by atoms with Gasteiger partial charge in [-0.1, -0.05) is 36.4 Å². The first-order valence-electron chi connectivity index (χ1n) is 8.46. The van der Waals surface area contributed by atoms with E-state index >= 15 is 0 Å². The van der Waals surface area contributed by atoms with E-state index < -0.39 is 17.8 Å². The van der Waals surface area contributed by atoms with Crippen molar-refractivity contribution in [2.75, 3.05) is 5.32 Å². The van der Waals surface area contributed by atoms with Crippen LogP contribution in [0.15, 0.2) is 72.8 Å². The van der Waals surface area contributed by atoms with E-state index in [1.54, 1.807) is 12.1 Å². The van der Waals surface area contributed by atoms with Crippen LogP contribution < -0.4 is 10.1 Å². The normalized spacial score (nSPS) is 10.2. The Morgan fingerprint density at radius 2 is 1.54 bits per heavy atom. The Kier molecular flexibility index (Phi) is 5.50. The second-order valence-electron chi connectivity index (χ2n) is 6.00. The van der Waals surface area contributed by atoms with Crippen molar-refractivity contribution in [2.24, 2.45) is 0 Å². The van der Waals surface area contributed by atoms with Crippen molar-refractivity contribution in [1.29, 1.82) is 0 Å². The summed E-state index contributed by atoms with van der Waals surface area (Å²) in [6.45, 7) is 1.29. The molecule has 0 saturated carbocycles. The number of rotatable bonds is 5. The molecule has 0 saturated heterocycles. The Hall–Kier alpha value is -3.93. The molecule has 3 aromatic rings. The lowest BCUT2D eigenvalue weighted by molar-refractivity contribution is -0.131. The zero-order valence-corrected chi connectivity index (χ0v) is 15.0. The van der Waals surface area contributed by atoms with Gasteiger partial charge in [0.25, 0.3) is 5.91 Å². The third-order valence-corrected chi connectivity index (χ3v) is 3.98. The minimum atomic E-state index is -1.14. The summed E-state index contributed by atoms with van der Waals surface area (Å²) in [5.41, 5.74) is 2.18.